The first-order chi connectivity index (χ1) is 12.8. The third-order valence-corrected chi connectivity index (χ3v) is 6.01. The Morgan fingerprint density at radius 2 is 1.92 bits per heavy atom. The third-order valence-electron chi connectivity index (χ3n) is 3.96. The van der Waals surface area contributed by atoms with E-state index in [-0.39, 0.29) is 0 Å². The highest BCUT2D eigenvalue weighted by molar-refractivity contribution is 7.17. The van der Waals surface area contributed by atoms with Crippen molar-refractivity contribution in [2.75, 3.05) is 20.3 Å². The molecule has 1 aliphatic rings. The minimum atomic E-state index is 0.507. The van der Waals surface area contributed by atoms with Gasteiger partial charge in [0, 0.05) is 4.88 Å². The van der Waals surface area contributed by atoms with Crippen LogP contribution >= 0.6 is 22.7 Å². The number of allylic oxidation sites excluding steroid dienone is 1. The first-order valence-electron chi connectivity index (χ1n) is 8.02. The molecular weight excluding hydrogens is 366 g/mol. The Labute approximate surface area is 159 Å². The molecule has 0 saturated heterocycles. The number of hydrogen-bond acceptors (Lipinski definition) is 6. The van der Waals surface area contributed by atoms with Crippen LogP contribution in [0.2, 0.25) is 0 Å². The summed E-state index contributed by atoms with van der Waals surface area (Å²) < 4.78 is 17.0. The molecule has 4 rings (SSSR count). The van der Waals surface area contributed by atoms with Gasteiger partial charge < -0.3 is 14.2 Å². The molecule has 1 aromatic carbocycles. The van der Waals surface area contributed by atoms with Crippen LogP contribution in [0.25, 0.3) is 22.1 Å². The fourth-order valence-corrected chi connectivity index (χ4v) is 4.55. The Morgan fingerprint density at radius 1 is 1.15 bits per heavy atom. The molecule has 0 fully saturated rings. The summed E-state index contributed by atoms with van der Waals surface area (Å²) in [5.74, 6) is 2.28. The van der Waals surface area contributed by atoms with Gasteiger partial charge in [-0.25, -0.2) is 0 Å². The van der Waals surface area contributed by atoms with Gasteiger partial charge in [0.15, 0.2) is 11.5 Å². The number of nitriles is 1. The van der Waals surface area contributed by atoms with Crippen molar-refractivity contribution in [1.82, 2.24) is 0 Å². The maximum absolute atomic E-state index is 9.55. The van der Waals surface area contributed by atoms with Crippen LogP contribution < -0.4 is 14.2 Å². The van der Waals surface area contributed by atoms with Crippen LogP contribution in [-0.4, -0.2) is 20.3 Å². The number of fused-ring (bicyclic) bond motifs is 1. The fourth-order valence-electron chi connectivity index (χ4n) is 2.72. The summed E-state index contributed by atoms with van der Waals surface area (Å²) in [5.41, 5.74) is 1.66. The SMILES string of the molecule is COc1ccc(-c2sc(/C=C(\C#N)c3cccs3)c3c2OCCO3)cc1. The summed E-state index contributed by atoms with van der Waals surface area (Å²) >= 11 is 3.12. The fraction of sp³-hybridized carbons (Fsp3) is 0.150. The molecule has 0 aliphatic carbocycles. The van der Waals surface area contributed by atoms with Gasteiger partial charge in [0.2, 0.25) is 0 Å². The lowest BCUT2D eigenvalue weighted by atomic mass is 10.1. The number of nitrogens with zero attached hydrogens (tertiary/aromatic N) is 1. The van der Waals surface area contributed by atoms with E-state index < -0.39 is 0 Å². The van der Waals surface area contributed by atoms with Crippen molar-refractivity contribution in [3.63, 3.8) is 0 Å². The predicted octanol–water partition coefficient (Wildman–Crippen LogP) is 5.32. The molecule has 2 aromatic heterocycles. The number of thiophene rings is 2. The first-order valence-corrected chi connectivity index (χ1v) is 9.72. The zero-order valence-electron chi connectivity index (χ0n) is 14.0. The molecule has 0 amide bonds. The van der Waals surface area contributed by atoms with E-state index >= 15 is 0 Å². The lowest BCUT2D eigenvalue weighted by molar-refractivity contribution is 0.174. The molecule has 0 bridgehead atoms. The van der Waals surface area contributed by atoms with E-state index in [9.17, 15) is 5.26 Å². The summed E-state index contributed by atoms with van der Waals surface area (Å²) in [4.78, 5) is 2.84. The van der Waals surface area contributed by atoms with E-state index in [0.717, 1.165) is 37.4 Å². The summed E-state index contributed by atoms with van der Waals surface area (Å²) in [6.07, 6.45) is 1.89. The van der Waals surface area contributed by atoms with Crippen molar-refractivity contribution >= 4 is 34.3 Å². The Bertz CT molecular complexity index is 979. The smallest absolute Gasteiger partial charge is 0.180 e. The highest BCUT2D eigenvalue weighted by Crippen LogP contribution is 2.50. The van der Waals surface area contributed by atoms with Gasteiger partial charge in [-0.15, -0.1) is 22.7 Å². The lowest BCUT2D eigenvalue weighted by Gasteiger charge is -2.17. The third kappa shape index (κ3) is 3.07. The van der Waals surface area contributed by atoms with Crippen molar-refractivity contribution in [2.24, 2.45) is 0 Å². The van der Waals surface area contributed by atoms with Crippen molar-refractivity contribution in [3.05, 3.63) is 51.5 Å². The standard InChI is InChI=1S/C20H15NO3S2/c1-22-15-6-4-13(5-7-15)20-19-18(23-8-9-24-19)17(26-20)11-14(12-21)16-3-2-10-25-16/h2-7,10-11H,8-9H2,1H3/b14-11+. The molecule has 0 radical (unpaired) electrons. The van der Waals surface area contributed by atoms with Crippen molar-refractivity contribution in [1.29, 1.82) is 5.26 Å². The van der Waals surface area contributed by atoms with Gasteiger partial charge in [0.05, 0.1) is 22.4 Å². The molecule has 3 heterocycles. The number of rotatable bonds is 4. The van der Waals surface area contributed by atoms with Crippen LogP contribution in [0, 0.1) is 11.3 Å². The number of hydrogen-bond donors (Lipinski definition) is 0. The number of benzene rings is 1. The summed E-state index contributed by atoms with van der Waals surface area (Å²) in [6, 6.07) is 14.0. The summed E-state index contributed by atoms with van der Waals surface area (Å²) in [5, 5.41) is 11.5. The molecule has 0 N–H and O–H groups in total. The van der Waals surface area contributed by atoms with Gasteiger partial charge >= 0.3 is 0 Å². The van der Waals surface area contributed by atoms with E-state index in [0.29, 0.717) is 18.8 Å². The van der Waals surface area contributed by atoms with E-state index in [4.69, 9.17) is 14.2 Å². The van der Waals surface area contributed by atoms with Gasteiger partial charge in [-0.05, 0) is 47.4 Å². The molecule has 0 spiro atoms. The van der Waals surface area contributed by atoms with E-state index in [1.165, 1.54) is 0 Å². The zero-order valence-corrected chi connectivity index (χ0v) is 15.7. The van der Waals surface area contributed by atoms with Crippen LogP contribution in [-0.2, 0) is 0 Å². The van der Waals surface area contributed by atoms with E-state index in [1.807, 2.05) is 47.9 Å². The second kappa shape index (κ2) is 7.24. The van der Waals surface area contributed by atoms with Crippen LogP contribution in [0.3, 0.4) is 0 Å². The minimum absolute atomic E-state index is 0.507. The van der Waals surface area contributed by atoms with Gasteiger partial charge in [-0.1, -0.05) is 6.07 Å². The minimum Gasteiger partial charge on any atom is -0.497 e. The van der Waals surface area contributed by atoms with E-state index in [2.05, 4.69) is 6.07 Å². The molecule has 0 saturated carbocycles. The summed E-state index contributed by atoms with van der Waals surface area (Å²) in [6.45, 7) is 1.03. The Hall–Kier alpha value is -2.75. The molecule has 26 heavy (non-hydrogen) atoms. The van der Waals surface area contributed by atoms with Gasteiger partial charge in [-0.3, -0.25) is 0 Å². The maximum Gasteiger partial charge on any atom is 0.180 e. The molecular formula is C20H15NO3S2. The molecule has 130 valence electrons. The second-order valence-corrected chi connectivity index (χ2v) is 7.53. The Morgan fingerprint density at radius 3 is 2.58 bits per heavy atom. The average molecular weight is 381 g/mol. The number of ether oxygens (including phenoxy) is 3. The highest BCUT2D eigenvalue weighted by atomic mass is 32.1. The molecule has 3 aromatic rings. The molecule has 6 heteroatoms. The van der Waals surface area contributed by atoms with Crippen molar-refractivity contribution < 1.29 is 14.2 Å². The largest absolute Gasteiger partial charge is 0.497 e. The van der Waals surface area contributed by atoms with Crippen LogP contribution in [0.1, 0.15) is 9.75 Å². The highest BCUT2D eigenvalue weighted by Gasteiger charge is 2.25. The predicted molar refractivity (Wildman–Crippen MR) is 105 cm³/mol. The second-order valence-electron chi connectivity index (χ2n) is 5.53. The lowest BCUT2D eigenvalue weighted by Crippen LogP contribution is -2.14. The van der Waals surface area contributed by atoms with Gasteiger partial charge in [-0.2, -0.15) is 5.26 Å². The monoisotopic (exact) mass is 381 g/mol. The Balaban J connectivity index is 1.81. The molecule has 1 aliphatic heterocycles. The zero-order chi connectivity index (χ0) is 17.9. The van der Waals surface area contributed by atoms with E-state index in [1.54, 1.807) is 29.8 Å². The van der Waals surface area contributed by atoms with Crippen LogP contribution in [0.15, 0.2) is 41.8 Å². The molecule has 0 atom stereocenters. The van der Waals surface area contributed by atoms with Crippen LogP contribution in [0.4, 0.5) is 0 Å². The molecule has 4 nitrogen and oxygen atoms in total. The maximum atomic E-state index is 9.55. The van der Waals surface area contributed by atoms with Gasteiger partial charge in [0.1, 0.15) is 25.0 Å². The van der Waals surface area contributed by atoms with Gasteiger partial charge in [0.25, 0.3) is 0 Å². The van der Waals surface area contributed by atoms with Crippen LogP contribution in [0.5, 0.6) is 17.2 Å². The molecule has 0 unspecified atom stereocenters. The normalized spacial score (nSPS) is 13.3. The quantitative estimate of drug-likeness (QED) is 0.574. The summed E-state index contributed by atoms with van der Waals surface area (Å²) in [7, 11) is 1.65. The Kier molecular flexibility index (Phi) is 4.65. The van der Waals surface area contributed by atoms with Crippen molar-refractivity contribution in [2.45, 2.75) is 0 Å². The average Bonchev–Trinajstić information content (AvgIpc) is 3.35. The number of methoxy groups -OCH3 is 1. The van der Waals surface area contributed by atoms with Crippen molar-refractivity contribution in [3.8, 4) is 33.8 Å². The topological polar surface area (TPSA) is 51.5 Å². The first kappa shape index (κ1) is 16.7.